The zero-order valence-electron chi connectivity index (χ0n) is 16.1. The Morgan fingerprint density at radius 2 is 1.79 bits per heavy atom. The van der Waals surface area contributed by atoms with Gasteiger partial charge in [0.1, 0.15) is 0 Å². The Morgan fingerprint density at radius 1 is 1.07 bits per heavy atom. The zero-order chi connectivity index (χ0) is 20.6. The number of nitrogens with one attached hydrogen (secondary N) is 1. The summed E-state index contributed by atoms with van der Waals surface area (Å²) in [6.07, 6.45) is 1.59. The molecule has 1 amide bonds. The fraction of sp³-hybridized carbons (Fsp3) is 0.409. The molecule has 152 valence electrons. The molecule has 2 aliphatic rings. The number of nitrogens with zero attached hydrogens (tertiary/aromatic N) is 2. The standard InChI is InChI=1S/C22H22F3N3O/c1-13-5-2-3-8-16(13)21(29)28-20-12-26-19(11-27-20)17-9-14-6-4-7-15(14)10-18(17)22(23,24)25/h2-3,5,8,11-12,14-15H,4,6-7,9-10H2,1H3,(H,27,28,29). The number of halogens is 3. The highest BCUT2D eigenvalue weighted by Gasteiger charge is 2.44. The van der Waals surface area contributed by atoms with Gasteiger partial charge in [0.25, 0.3) is 5.91 Å². The first-order chi connectivity index (χ1) is 13.8. The van der Waals surface area contributed by atoms with E-state index in [1.807, 2.05) is 19.1 Å². The van der Waals surface area contributed by atoms with Crippen LogP contribution in [0.15, 0.2) is 42.2 Å². The van der Waals surface area contributed by atoms with Crippen LogP contribution < -0.4 is 5.32 Å². The minimum absolute atomic E-state index is 0.0664. The van der Waals surface area contributed by atoms with Crippen LogP contribution in [0.3, 0.4) is 0 Å². The van der Waals surface area contributed by atoms with Gasteiger partial charge >= 0.3 is 6.18 Å². The lowest BCUT2D eigenvalue weighted by Crippen LogP contribution is -2.25. The first kappa shape index (κ1) is 19.6. The number of rotatable bonds is 3. The number of fused-ring (bicyclic) bond motifs is 1. The molecule has 1 aromatic carbocycles. The van der Waals surface area contributed by atoms with E-state index < -0.39 is 11.7 Å². The second-order valence-electron chi connectivity index (χ2n) is 7.87. The van der Waals surface area contributed by atoms with Crippen molar-refractivity contribution in [2.24, 2.45) is 11.8 Å². The molecule has 1 fully saturated rings. The van der Waals surface area contributed by atoms with E-state index in [0.29, 0.717) is 17.9 Å². The third-order valence-corrected chi connectivity index (χ3v) is 6.05. The molecule has 0 aliphatic heterocycles. The molecule has 0 saturated heterocycles. The van der Waals surface area contributed by atoms with E-state index in [4.69, 9.17) is 0 Å². The van der Waals surface area contributed by atoms with Crippen LogP contribution >= 0.6 is 0 Å². The predicted octanol–water partition coefficient (Wildman–Crippen LogP) is 5.56. The van der Waals surface area contributed by atoms with Crippen molar-refractivity contribution in [3.8, 4) is 0 Å². The molecule has 2 aromatic rings. The van der Waals surface area contributed by atoms with Crippen molar-refractivity contribution in [3.63, 3.8) is 0 Å². The van der Waals surface area contributed by atoms with E-state index in [-0.39, 0.29) is 35.3 Å². The second-order valence-corrected chi connectivity index (χ2v) is 7.87. The van der Waals surface area contributed by atoms with Crippen molar-refractivity contribution in [1.82, 2.24) is 9.97 Å². The van der Waals surface area contributed by atoms with Crippen molar-refractivity contribution in [2.45, 2.75) is 45.2 Å². The van der Waals surface area contributed by atoms with E-state index in [1.54, 1.807) is 12.1 Å². The number of aromatic nitrogens is 2. The highest BCUT2D eigenvalue weighted by molar-refractivity contribution is 6.04. The van der Waals surface area contributed by atoms with Gasteiger partial charge in [-0.25, -0.2) is 4.98 Å². The molecule has 4 rings (SSSR count). The first-order valence-corrected chi connectivity index (χ1v) is 9.81. The molecule has 2 unspecified atom stereocenters. The van der Waals surface area contributed by atoms with Crippen molar-refractivity contribution in [3.05, 3.63) is 59.1 Å². The van der Waals surface area contributed by atoms with Gasteiger partial charge in [-0.1, -0.05) is 24.6 Å². The topological polar surface area (TPSA) is 54.9 Å². The molecular formula is C22H22F3N3O. The molecule has 1 heterocycles. The molecule has 1 aromatic heterocycles. The minimum atomic E-state index is -4.36. The van der Waals surface area contributed by atoms with Gasteiger partial charge in [0.2, 0.25) is 0 Å². The van der Waals surface area contributed by atoms with E-state index in [2.05, 4.69) is 15.3 Å². The number of benzene rings is 1. The molecule has 29 heavy (non-hydrogen) atoms. The number of anilines is 1. The largest absolute Gasteiger partial charge is 0.413 e. The molecule has 0 bridgehead atoms. The van der Waals surface area contributed by atoms with Crippen LogP contribution in [0.25, 0.3) is 5.57 Å². The molecule has 1 N–H and O–H groups in total. The van der Waals surface area contributed by atoms with Gasteiger partial charge < -0.3 is 5.32 Å². The third kappa shape index (κ3) is 4.04. The van der Waals surface area contributed by atoms with Gasteiger partial charge in [-0.2, -0.15) is 13.2 Å². The van der Waals surface area contributed by atoms with E-state index in [9.17, 15) is 18.0 Å². The smallest absolute Gasteiger partial charge is 0.305 e. The van der Waals surface area contributed by atoms with E-state index >= 15 is 0 Å². The Bertz CT molecular complexity index is 951. The van der Waals surface area contributed by atoms with Crippen LogP contribution in [0, 0.1) is 18.8 Å². The number of allylic oxidation sites excluding steroid dienone is 2. The number of aryl methyl sites for hydroxylation is 1. The van der Waals surface area contributed by atoms with Crippen molar-refractivity contribution in [1.29, 1.82) is 0 Å². The molecule has 4 nitrogen and oxygen atoms in total. The maximum Gasteiger partial charge on any atom is 0.413 e. The van der Waals surface area contributed by atoms with Gasteiger partial charge in [0.15, 0.2) is 5.82 Å². The first-order valence-electron chi connectivity index (χ1n) is 9.81. The number of hydrogen-bond donors (Lipinski definition) is 1. The molecule has 1 saturated carbocycles. The average Bonchev–Trinajstić information content (AvgIpc) is 3.15. The maximum atomic E-state index is 13.6. The average molecular weight is 401 g/mol. The van der Waals surface area contributed by atoms with Crippen LogP contribution in [0.2, 0.25) is 0 Å². The van der Waals surface area contributed by atoms with Crippen LogP contribution in [0.1, 0.15) is 53.7 Å². The summed E-state index contributed by atoms with van der Waals surface area (Å²) in [6, 6.07) is 7.13. The fourth-order valence-electron chi connectivity index (χ4n) is 4.53. The summed E-state index contributed by atoms with van der Waals surface area (Å²) in [7, 11) is 0. The van der Waals surface area contributed by atoms with Gasteiger partial charge in [-0.3, -0.25) is 9.78 Å². The van der Waals surface area contributed by atoms with Crippen LogP contribution in [0.4, 0.5) is 19.0 Å². The molecule has 2 atom stereocenters. The van der Waals surface area contributed by atoms with Gasteiger partial charge in [-0.05, 0) is 61.6 Å². The Morgan fingerprint density at radius 3 is 2.45 bits per heavy atom. The van der Waals surface area contributed by atoms with Crippen LogP contribution in [-0.4, -0.2) is 22.1 Å². The summed E-state index contributed by atoms with van der Waals surface area (Å²) in [5.41, 5.74) is 1.37. The van der Waals surface area contributed by atoms with Crippen molar-refractivity contribution < 1.29 is 18.0 Å². The van der Waals surface area contributed by atoms with Gasteiger partial charge in [-0.15, -0.1) is 0 Å². The van der Waals surface area contributed by atoms with Crippen LogP contribution in [-0.2, 0) is 0 Å². The molecule has 0 radical (unpaired) electrons. The number of hydrogen-bond acceptors (Lipinski definition) is 3. The van der Waals surface area contributed by atoms with Crippen LogP contribution in [0.5, 0.6) is 0 Å². The molecule has 0 spiro atoms. The number of alkyl halides is 3. The normalized spacial score (nSPS) is 21.8. The molecule has 2 aliphatic carbocycles. The summed E-state index contributed by atoms with van der Waals surface area (Å²) < 4.78 is 40.9. The SMILES string of the molecule is Cc1ccccc1C(=O)Nc1cnc(C2=C(C(F)(F)F)CC3CCCC3C2)cn1. The monoisotopic (exact) mass is 401 g/mol. The Kier molecular flexibility index (Phi) is 5.15. The quantitative estimate of drug-likeness (QED) is 0.732. The minimum Gasteiger partial charge on any atom is -0.305 e. The number of amides is 1. The lowest BCUT2D eigenvalue weighted by atomic mass is 9.76. The molecule has 7 heteroatoms. The van der Waals surface area contributed by atoms with E-state index in [1.165, 1.54) is 12.4 Å². The Balaban J connectivity index is 1.58. The number of carbonyl (C=O) groups excluding carboxylic acids is 1. The van der Waals surface area contributed by atoms with Gasteiger partial charge in [0, 0.05) is 11.1 Å². The Hall–Kier alpha value is -2.70. The highest BCUT2D eigenvalue weighted by atomic mass is 19.4. The zero-order valence-corrected chi connectivity index (χ0v) is 16.1. The summed E-state index contributed by atoms with van der Waals surface area (Å²) in [5, 5.41) is 2.66. The van der Waals surface area contributed by atoms with E-state index in [0.717, 1.165) is 24.8 Å². The summed E-state index contributed by atoms with van der Waals surface area (Å²) in [6.45, 7) is 1.83. The molecular weight excluding hydrogens is 379 g/mol. The maximum absolute atomic E-state index is 13.6. The third-order valence-electron chi connectivity index (χ3n) is 6.05. The van der Waals surface area contributed by atoms with Crippen molar-refractivity contribution in [2.75, 3.05) is 5.32 Å². The highest BCUT2D eigenvalue weighted by Crippen LogP contribution is 2.50. The second kappa shape index (κ2) is 7.61. The van der Waals surface area contributed by atoms with Crippen molar-refractivity contribution >= 4 is 17.3 Å². The Labute approximate surface area is 167 Å². The van der Waals surface area contributed by atoms with Gasteiger partial charge in [0.05, 0.1) is 18.1 Å². The lowest BCUT2D eigenvalue weighted by molar-refractivity contribution is -0.0962. The summed E-state index contributed by atoms with van der Waals surface area (Å²) >= 11 is 0. The number of carbonyl (C=O) groups is 1. The lowest BCUT2D eigenvalue weighted by Gasteiger charge is -2.31. The predicted molar refractivity (Wildman–Crippen MR) is 104 cm³/mol. The summed E-state index contributed by atoms with van der Waals surface area (Å²) in [5.74, 6) is 0.298. The fourth-order valence-corrected chi connectivity index (χ4v) is 4.53. The summed E-state index contributed by atoms with van der Waals surface area (Å²) in [4.78, 5) is 20.8.